The van der Waals surface area contributed by atoms with Crippen LogP contribution >= 0.6 is 11.6 Å². The molecule has 0 saturated heterocycles. The molecule has 0 bridgehead atoms. The number of halogens is 1. The third kappa shape index (κ3) is 3.08. The zero-order valence-electron chi connectivity index (χ0n) is 11.3. The molecular formula is C15H15ClN2O2. The average molecular weight is 291 g/mol. The zero-order valence-corrected chi connectivity index (χ0v) is 12.1. The van der Waals surface area contributed by atoms with E-state index in [1.54, 1.807) is 6.07 Å². The molecule has 2 rings (SSSR count). The molecule has 2 aromatic carbocycles. The highest BCUT2D eigenvalue weighted by molar-refractivity contribution is 6.30. The molecule has 0 atom stereocenters. The van der Waals surface area contributed by atoms with Crippen molar-refractivity contribution in [3.8, 4) is 0 Å². The molecule has 0 amide bonds. The van der Waals surface area contributed by atoms with Gasteiger partial charge in [0.15, 0.2) is 0 Å². The normalized spacial score (nSPS) is 10.3. The number of nitrogens with one attached hydrogen (secondary N) is 1. The third-order valence-corrected chi connectivity index (χ3v) is 3.55. The summed E-state index contributed by atoms with van der Waals surface area (Å²) < 4.78 is 0. The number of hydrogen-bond acceptors (Lipinski definition) is 3. The van der Waals surface area contributed by atoms with Gasteiger partial charge in [0.2, 0.25) is 0 Å². The first-order valence-corrected chi connectivity index (χ1v) is 6.59. The quantitative estimate of drug-likeness (QED) is 0.667. The number of nitrogens with zero attached hydrogens (tertiary/aromatic N) is 1. The van der Waals surface area contributed by atoms with Crippen molar-refractivity contribution in [1.82, 2.24) is 0 Å². The van der Waals surface area contributed by atoms with Crippen molar-refractivity contribution in [2.45, 2.75) is 20.4 Å². The molecule has 0 heterocycles. The number of hydrogen-bond donors (Lipinski definition) is 1. The van der Waals surface area contributed by atoms with Crippen LogP contribution in [0.1, 0.15) is 16.7 Å². The molecule has 0 aromatic heterocycles. The average Bonchev–Trinajstić information content (AvgIpc) is 2.40. The molecule has 0 unspecified atom stereocenters. The fraction of sp³-hybridized carbons (Fsp3) is 0.200. The van der Waals surface area contributed by atoms with E-state index >= 15 is 0 Å². The summed E-state index contributed by atoms with van der Waals surface area (Å²) in [5.74, 6) is 0. The monoisotopic (exact) mass is 290 g/mol. The lowest BCUT2D eigenvalue weighted by Crippen LogP contribution is -2.04. The smallest absolute Gasteiger partial charge is 0.274 e. The Bertz CT molecular complexity index is 656. The van der Waals surface area contributed by atoms with E-state index in [4.69, 9.17) is 11.6 Å². The molecule has 0 saturated carbocycles. The van der Waals surface area contributed by atoms with Crippen LogP contribution in [-0.4, -0.2) is 4.92 Å². The third-order valence-electron chi connectivity index (χ3n) is 3.31. The lowest BCUT2D eigenvalue weighted by atomic mass is 10.1. The van der Waals surface area contributed by atoms with Gasteiger partial charge in [0.1, 0.15) is 0 Å². The van der Waals surface area contributed by atoms with E-state index in [-0.39, 0.29) is 5.69 Å². The topological polar surface area (TPSA) is 55.2 Å². The SMILES string of the molecule is Cc1cccc(NCc2cc(Cl)ccc2[N+](=O)[O-])c1C. The number of rotatable bonds is 4. The van der Waals surface area contributed by atoms with Gasteiger partial charge >= 0.3 is 0 Å². The van der Waals surface area contributed by atoms with Crippen molar-refractivity contribution in [1.29, 1.82) is 0 Å². The van der Waals surface area contributed by atoms with E-state index < -0.39 is 4.92 Å². The maximum absolute atomic E-state index is 11.0. The summed E-state index contributed by atoms with van der Waals surface area (Å²) in [5.41, 5.74) is 3.93. The van der Waals surface area contributed by atoms with Crippen molar-refractivity contribution in [2.24, 2.45) is 0 Å². The van der Waals surface area contributed by atoms with Gasteiger partial charge in [0.25, 0.3) is 5.69 Å². The largest absolute Gasteiger partial charge is 0.380 e. The molecule has 0 aliphatic heterocycles. The Morgan fingerprint density at radius 1 is 1.25 bits per heavy atom. The second-order valence-corrected chi connectivity index (χ2v) is 5.07. The second kappa shape index (κ2) is 5.92. The Morgan fingerprint density at radius 3 is 2.70 bits per heavy atom. The molecule has 0 aliphatic rings. The number of nitro benzene ring substituents is 1. The predicted molar refractivity (Wildman–Crippen MR) is 81.3 cm³/mol. The van der Waals surface area contributed by atoms with Crippen LogP contribution in [0.4, 0.5) is 11.4 Å². The maximum atomic E-state index is 11.0. The number of anilines is 1. The Balaban J connectivity index is 2.24. The standard InChI is InChI=1S/C15H15ClN2O2/c1-10-4-3-5-14(11(10)2)17-9-12-8-13(16)6-7-15(12)18(19)20/h3-8,17H,9H2,1-2H3. The van der Waals surface area contributed by atoms with Gasteiger partial charge in [-0.1, -0.05) is 23.7 Å². The van der Waals surface area contributed by atoms with Crippen LogP contribution in [0.15, 0.2) is 36.4 Å². The van der Waals surface area contributed by atoms with Crippen LogP contribution in [0.5, 0.6) is 0 Å². The fourth-order valence-corrected chi connectivity index (χ4v) is 2.20. The molecule has 5 heteroatoms. The highest BCUT2D eigenvalue weighted by atomic mass is 35.5. The summed E-state index contributed by atoms with van der Waals surface area (Å²) in [6, 6.07) is 10.5. The van der Waals surface area contributed by atoms with Gasteiger partial charge in [-0.3, -0.25) is 10.1 Å². The van der Waals surface area contributed by atoms with Crippen molar-refractivity contribution in [2.75, 3.05) is 5.32 Å². The van der Waals surface area contributed by atoms with Gasteiger partial charge in [-0.15, -0.1) is 0 Å². The van der Waals surface area contributed by atoms with Crippen LogP contribution in [0.3, 0.4) is 0 Å². The summed E-state index contributed by atoms with van der Waals surface area (Å²) in [6.07, 6.45) is 0. The summed E-state index contributed by atoms with van der Waals surface area (Å²) >= 11 is 5.91. The number of nitro groups is 1. The molecule has 0 spiro atoms. The van der Waals surface area contributed by atoms with E-state index in [0.717, 1.165) is 11.3 Å². The zero-order chi connectivity index (χ0) is 14.7. The van der Waals surface area contributed by atoms with Gasteiger partial charge < -0.3 is 5.32 Å². The van der Waals surface area contributed by atoms with E-state index in [0.29, 0.717) is 17.1 Å². The Hall–Kier alpha value is -2.07. The minimum atomic E-state index is -0.392. The Kier molecular flexibility index (Phi) is 4.25. The number of benzene rings is 2. The minimum Gasteiger partial charge on any atom is -0.380 e. The molecule has 4 nitrogen and oxygen atoms in total. The Labute approximate surface area is 122 Å². The summed E-state index contributed by atoms with van der Waals surface area (Å²) in [7, 11) is 0. The van der Waals surface area contributed by atoms with E-state index in [2.05, 4.69) is 5.32 Å². The molecule has 0 aliphatic carbocycles. The highest BCUT2D eigenvalue weighted by Gasteiger charge is 2.13. The lowest BCUT2D eigenvalue weighted by molar-refractivity contribution is -0.385. The predicted octanol–water partition coefficient (Wildman–Crippen LogP) is 4.48. The van der Waals surface area contributed by atoms with Gasteiger partial charge in [-0.05, 0) is 43.2 Å². The fourth-order valence-electron chi connectivity index (χ4n) is 2.01. The van der Waals surface area contributed by atoms with Gasteiger partial charge in [-0.2, -0.15) is 0 Å². The molecule has 1 N–H and O–H groups in total. The highest BCUT2D eigenvalue weighted by Crippen LogP contribution is 2.25. The second-order valence-electron chi connectivity index (χ2n) is 4.63. The van der Waals surface area contributed by atoms with Crippen molar-refractivity contribution >= 4 is 23.0 Å². The molecule has 20 heavy (non-hydrogen) atoms. The van der Waals surface area contributed by atoms with Crippen LogP contribution in [0, 0.1) is 24.0 Å². The van der Waals surface area contributed by atoms with Gasteiger partial charge in [0, 0.05) is 23.3 Å². The molecule has 104 valence electrons. The number of aryl methyl sites for hydroxylation is 1. The van der Waals surface area contributed by atoms with E-state index in [1.165, 1.54) is 17.7 Å². The minimum absolute atomic E-state index is 0.0761. The molecule has 0 radical (unpaired) electrons. The van der Waals surface area contributed by atoms with Gasteiger partial charge in [0.05, 0.1) is 10.5 Å². The van der Waals surface area contributed by atoms with Crippen LogP contribution in [0.2, 0.25) is 5.02 Å². The van der Waals surface area contributed by atoms with E-state index in [9.17, 15) is 10.1 Å². The van der Waals surface area contributed by atoms with Crippen molar-refractivity contribution in [3.05, 3.63) is 68.2 Å². The maximum Gasteiger partial charge on any atom is 0.274 e. The summed E-state index contributed by atoms with van der Waals surface area (Å²) in [5, 5.41) is 14.7. The van der Waals surface area contributed by atoms with Crippen molar-refractivity contribution in [3.63, 3.8) is 0 Å². The van der Waals surface area contributed by atoms with Crippen molar-refractivity contribution < 1.29 is 4.92 Å². The van der Waals surface area contributed by atoms with Crippen LogP contribution in [0.25, 0.3) is 0 Å². The Morgan fingerprint density at radius 2 is 2.00 bits per heavy atom. The molecule has 2 aromatic rings. The summed E-state index contributed by atoms with van der Waals surface area (Å²) in [4.78, 5) is 10.6. The first-order valence-electron chi connectivity index (χ1n) is 6.22. The molecule has 0 fully saturated rings. The summed E-state index contributed by atoms with van der Waals surface area (Å²) in [6.45, 7) is 4.41. The lowest BCUT2D eigenvalue weighted by Gasteiger charge is -2.11. The van der Waals surface area contributed by atoms with Crippen LogP contribution < -0.4 is 5.32 Å². The first-order chi connectivity index (χ1) is 9.49. The first kappa shape index (κ1) is 14.3. The molecular weight excluding hydrogens is 276 g/mol. The van der Waals surface area contributed by atoms with Gasteiger partial charge in [-0.25, -0.2) is 0 Å². The van der Waals surface area contributed by atoms with Crippen LogP contribution in [-0.2, 0) is 6.54 Å². The van der Waals surface area contributed by atoms with E-state index in [1.807, 2.05) is 32.0 Å².